The number of sulfonamides is 1. The number of likely N-dealkylation sites (N-methyl/N-ethyl adjacent to an activating group) is 1. The first kappa shape index (κ1) is 18.5. The highest BCUT2D eigenvalue weighted by Gasteiger charge is 2.25. The van der Waals surface area contributed by atoms with E-state index in [2.05, 4.69) is 15.3 Å². The van der Waals surface area contributed by atoms with Gasteiger partial charge in [0, 0.05) is 30.2 Å². The molecule has 7 nitrogen and oxygen atoms in total. The molecule has 0 bridgehead atoms. The number of nitrogens with one attached hydrogen (secondary N) is 1. The fourth-order valence-corrected chi connectivity index (χ4v) is 5.08. The number of aromatic nitrogens is 2. The third-order valence-corrected chi connectivity index (χ3v) is 7.05. The topological polar surface area (TPSA) is 92.3 Å². The number of carbonyl (C=O) groups excluding carboxylic acids is 1. The van der Waals surface area contributed by atoms with Crippen LogP contribution in [0, 0.1) is 0 Å². The highest BCUT2D eigenvalue weighted by molar-refractivity contribution is 7.89. The molecule has 1 amide bonds. The van der Waals surface area contributed by atoms with Gasteiger partial charge in [-0.05, 0) is 24.3 Å². The van der Waals surface area contributed by atoms with Gasteiger partial charge in [0.25, 0.3) is 0 Å². The summed E-state index contributed by atoms with van der Waals surface area (Å²) in [5.74, 6) is -0.452. The van der Waals surface area contributed by atoms with Gasteiger partial charge in [-0.25, -0.2) is 13.4 Å². The lowest BCUT2D eigenvalue weighted by Gasteiger charge is -2.17. The zero-order valence-electron chi connectivity index (χ0n) is 14.9. The highest BCUT2D eigenvalue weighted by atomic mass is 32.2. The smallest absolute Gasteiger partial charge is 0.243 e. The van der Waals surface area contributed by atoms with Crippen molar-refractivity contribution in [2.45, 2.75) is 4.90 Å². The normalized spacial score (nSPS) is 11.9. The van der Waals surface area contributed by atoms with Crippen molar-refractivity contribution in [3.63, 3.8) is 0 Å². The Morgan fingerprint density at radius 3 is 2.79 bits per heavy atom. The molecule has 142 valence electrons. The van der Waals surface area contributed by atoms with E-state index in [1.165, 1.54) is 24.5 Å². The van der Waals surface area contributed by atoms with E-state index < -0.39 is 15.9 Å². The SMILES string of the molecule is CN(CC(=O)Nc1nc2ccccc2s1)S(=O)(=O)c1cccc2cnccc12. The first-order valence-corrected chi connectivity index (χ1v) is 10.7. The third-order valence-electron chi connectivity index (χ3n) is 4.24. The Labute approximate surface area is 165 Å². The molecule has 4 aromatic rings. The Balaban J connectivity index is 1.54. The fourth-order valence-electron chi connectivity index (χ4n) is 2.86. The summed E-state index contributed by atoms with van der Waals surface area (Å²) in [7, 11) is -2.47. The van der Waals surface area contributed by atoms with E-state index >= 15 is 0 Å². The number of fused-ring (bicyclic) bond motifs is 2. The molecular formula is C19H16N4O3S2. The van der Waals surface area contributed by atoms with Gasteiger partial charge >= 0.3 is 0 Å². The minimum absolute atomic E-state index is 0.141. The summed E-state index contributed by atoms with van der Waals surface area (Å²) in [5.41, 5.74) is 0.785. The van der Waals surface area contributed by atoms with Gasteiger partial charge in [-0.15, -0.1) is 0 Å². The molecule has 0 saturated heterocycles. The molecule has 2 heterocycles. The number of hydrogen-bond acceptors (Lipinski definition) is 6. The number of hydrogen-bond donors (Lipinski definition) is 1. The molecule has 0 radical (unpaired) electrons. The van der Waals surface area contributed by atoms with E-state index in [-0.39, 0.29) is 11.4 Å². The molecule has 0 unspecified atom stereocenters. The maximum atomic E-state index is 13.0. The largest absolute Gasteiger partial charge is 0.301 e. The quantitative estimate of drug-likeness (QED) is 0.544. The van der Waals surface area contributed by atoms with Crippen molar-refractivity contribution in [3.05, 3.63) is 60.9 Å². The van der Waals surface area contributed by atoms with E-state index in [1.54, 1.807) is 30.6 Å². The molecule has 0 atom stereocenters. The van der Waals surface area contributed by atoms with Crippen LogP contribution in [-0.2, 0) is 14.8 Å². The van der Waals surface area contributed by atoms with Crippen molar-refractivity contribution >= 4 is 53.4 Å². The molecule has 28 heavy (non-hydrogen) atoms. The third kappa shape index (κ3) is 3.47. The molecule has 0 aliphatic rings. The van der Waals surface area contributed by atoms with Crippen LogP contribution in [0.2, 0.25) is 0 Å². The predicted molar refractivity (Wildman–Crippen MR) is 110 cm³/mol. The molecule has 4 rings (SSSR count). The van der Waals surface area contributed by atoms with Crippen molar-refractivity contribution in [2.24, 2.45) is 0 Å². The fraction of sp³-hybridized carbons (Fsp3) is 0.105. The summed E-state index contributed by atoms with van der Waals surface area (Å²) < 4.78 is 28.0. The average Bonchev–Trinajstić information content (AvgIpc) is 3.09. The standard InChI is InChI=1S/C19H16N4O3S2/c1-23(12-18(24)22-19-21-15-6-2-3-7-16(15)27-19)28(25,26)17-8-4-5-13-11-20-10-9-14(13)17/h2-11H,12H2,1H3,(H,21,22,24). The molecule has 0 aliphatic carbocycles. The maximum Gasteiger partial charge on any atom is 0.243 e. The first-order valence-electron chi connectivity index (χ1n) is 8.40. The first-order chi connectivity index (χ1) is 13.4. The second-order valence-corrected chi connectivity index (χ2v) is 9.19. The van der Waals surface area contributed by atoms with Crippen LogP contribution in [0.3, 0.4) is 0 Å². The molecule has 0 fully saturated rings. The van der Waals surface area contributed by atoms with Crippen molar-refractivity contribution in [1.29, 1.82) is 0 Å². The lowest BCUT2D eigenvalue weighted by atomic mass is 10.2. The van der Waals surface area contributed by atoms with Gasteiger partial charge < -0.3 is 5.32 Å². The van der Waals surface area contributed by atoms with Gasteiger partial charge in [0.05, 0.1) is 21.7 Å². The number of thiazole rings is 1. The molecule has 2 aromatic carbocycles. The molecule has 2 aromatic heterocycles. The van der Waals surface area contributed by atoms with E-state index in [1.807, 2.05) is 24.3 Å². The molecule has 0 aliphatic heterocycles. The Kier molecular flexibility index (Phi) is 4.80. The predicted octanol–water partition coefficient (Wildman–Crippen LogP) is 3.10. The van der Waals surface area contributed by atoms with Crippen LogP contribution < -0.4 is 5.32 Å². The lowest BCUT2D eigenvalue weighted by molar-refractivity contribution is -0.116. The maximum absolute atomic E-state index is 13.0. The number of para-hydroxylation sites is 1. The summed E-state index contributed by atoms with van der Waals surface area (Å²) in [6, 6.07) is 14.2. The molecule has 1 N–H and O–H groups in total. The van der Waals surface area contributed by atoms with E-state index in [0.29, 0.717) is 10.5 Å². The summed E-state index contributed by atoms with van der Waals surface area (Å²) in [4.78, 5) is 20.9. The molecular weight excluding hydrogens is 396 g/mol. The Morgan fingerprint density at radius 1 is 1.14 bits per heavy atom. The van der Waals surface area contributed by atoms with Gasteiger partial charge in [0.15, 0.2) is 5.13 Å². The summed E-state index contributed by atoms with van der Waals surface area (Å²) in [6.45, 7) is -0.320. The zero-order chi connectivity index (χ0) is 19.7. The van der Waals surface area contributed by atoms with E-state index in [0.717, 1.165) is 19.9 Å². The lowest BCUT2D eigenvalue weighted by Crippen LogP contribution is -2.35. The molecule has 9 heteroatoms. The van der Waals surface area contributed by atoms with Crippen LogP contribution in [0.15, 0.2) is 65.8 Å². The van der Waals surface area contributed by atoms with Gasteiger partial charge in [0.1, 0.15) is 0 Å². The minimum Gasteiger partial charge on any atom is -0.301 e. The van der Waals surface area contributed by atoms with Crippen LogP contribution >= 0.6 is 11.3 Å². The number of pyridine rings is 1. The number of rotatable bonds is 5. The van der Waals surface area contributed by atoms with Crippen molar-refractivity contribution in [1.82, 2.24) is 14.3 Å². The van der Waals surface area contributed by atoms with Crippen LogP contribution in [-0.4, -0.2) is 42.2 Å². The average molecular weight is 412 g/mol. The van der Waals surface area contributed by atoms with E-state index in [4.69, 9.17) is 0 Å². The number of carbonyl (C=O) groups is 1. The number of benzene rings is 2. The number of amides is 1. The Morgan fingerprint density at radius 2 is 1.96 bits per heavy atom. The van der Waals surface area contributed by atoms with E-state index in [9.17, 15) is 13.2 Å². The number of nitrogens with zero attached hydrogens (tertiary/aromatic N) is 3. The second-order valence-electron chi connectivity index (χ2n) is 6.15. The number of anilines is 1. The van der Waals surface area contributed by atoms with Gasteiger partial charge in [-0.1, -0.05) is 35.6 Å². The van der Waals surface area contributed by atoms with Gasteiger partial charge in [-0.3, -0.25) is 9.78 Å². The van der Waals surface area contributed by atoms with Gasteiger partial charge in [-0.2, -0.15) is 4.31 Å². The van der Waals surface area contributed by atoms with Crippen LogP contribution in [0.25, 0.3) is 21.0 Å². The van der Waals surface area contributed by atoms with Gasteiger partial charge in [0.2, 0.25) is 15.9 Å². The van der Waals surface area contributed by atoms with Crippen molar-refractivity contribution < 1.29 is 13.2 Å². The summed E-state index contributed by atoms with van der Waals surface area (Å²) in [6.07, 6.45) is 3.15. The second kappa shape index (κ2) is 7.27. The summed E-state index contributed by atoms with van der Waals surface area (Å²) >= 11 is 1.34. The Hall–Kier alpha value is -2.88. The Bertz CT molecular complexity index is 1250. The molecule has 0 spiro atoms. The zero-order valence-corrected chi connectivity index (χ0v) is 16.5. The van der Waals surface area contributed by atoms with Crippen LogP contribution in [0.1, 0.15) is 0 Å². The monoisotopic (exact) mass is 412 g/mol. The van der Waals surface area contributed by atoms with Crippen molar-refractivity contribution in [3.8, 4) is 0 Å². The summed E-state index contributed by atoms with van der Waals surface area (Å²) in [5, 5.41) is 4.40. The minimum atomic E-state index is -3.85. The van der Waals surface area contributed by atoms with Crippen LogP contribution in [0.5, 0.6) is 0 Å². The molecule has 0 saturated carbocycles. The van der Waals surface area contributed by atoms with Crippen LogP contribution in [0.4, 0.5) is 5.13 Å². The highest BCUT2D eigenvalue weighted by Crippen LogP contribution is 2.26. The van der Waals surface area contributed by atoms with Crippen molar-refractivity contribution in [2.75, 3.05) is 18.9 Å².